The number of nitrogens with one attached hydrogen (secondary N) is 1. The molecule has 18 heavy (non-hydrogen) atoms. The summed E-state index contributed by atoms with van der Waals surface area (Å²) in [5.74, 6) is 0.109. The fourth-order valence-corrected chi connectivity index (χ4v) is 2.09. The third-order valence-electron chi connectivity index (χ3n) is 3.43. The number of nitriles is 1. The highest BCUT2D eigenvalue weighted by molar-refractivity contribution is 5.76. The van der Waals surface area contributed by atoms with Gasteiger partial charge < -0.3 is 10.1 Å². The Balaban J connectivity index is 2.16. The lowest BCUT2D eigenvalue weighted by Crippen LogP contribution is -2.44. The Bertz CT molecular complexity index is 293. The van der Waals surface area contributed by atoms with E-state index in [0.717, 1.165) is 32.4 Å². The normalized spacial score (nSPS) is 19.2. The van der Waals surface area contributed by atoms with E-state index in [1.165, 1.54) is 0 Å². The maximum atomic E-state index is 11.7. The van der Waals surface area contributed by atoms with E-state index < -0.39 is 0 Å². The summed E-state index contributed by atoms with van der Waals surface area (Å²) in [6, 6.07) is 2.43. The minimum atomic E-state index is 0.109. The monoisotopic (exact) mass is 253 g/mol. The molecule has 1 aliphatic heterocycles. The van der Waals surface area contributed by atoms with Gasteiger partial charge in [-0.3, -0.25) is 9.69 Å². The van der Waals surface area contributed by atoms with E-state index in [9.17, 15) is 4.79 Å². The van der Waals surface area contributed by atoms with Gasteiger partial charge in [-0.25, -0.2) is 0 Å². The molecule has 1 heterocycles. The number of carbonyl (C=O) groups is 1. The first kappa shape index (κ1) is 14.9. The zero-order valence-corrected chi connectivity index (χ0v) is 11.3. The van der Waals surface area contributed by atoms with Gasteiger partial charge in [0.25, 0.3) is 0 Å². The number of rotatable bonds is 6. The molecule has 0 spiro atoms. The van der Waals surface area contributed by atoms with E-state index in [-0.39, 0.29) is 18.1 Å². The predicted octanol–water partition coefficient (Wildman–Crippen LogP) is 0.906. The van der Waals surface area contributed by atoms with Crippen LogP contribution in [0, 0.1) is 11.3 Å². The van der Waals surface area contributed by atoms with Crippen molar-refractivity contribution in [1.82, 2.24) is 10.2 Å². The molecule has 102 valence electrons. The molecule has 1 rings (SSSR count). The molecule has 1 atom stereocenters. The molecule has 5 nitrogen and oxygen atoms in total. The average Bonchev–Trinajstić information content (AvgIpc) is 2.38. The van der Waals surface area contributed by atoms with Crippen molar-refractivity contribution >= 4 is 5.91 Å². The van der Waals surface area contributed by atoms with Gasteiger partial charge >= 0.3 is 0 Å². The summed E-state index contributed by atoms with van der Waals surface area (Å²) in [6.45, 7) is 4.25. The van der Waals surface area contributed by atoms with Crippen molar-refractivity contribution in [2.24, 2.45) is 0 Å². The molecule has 1 amide bonds. The topological polar surface area (TPSA) is 65.4 Å². The second kappa shape index (κ2) is 8.06. The molecule has 0 radical (unpaired) electrons. The average molecular weight is 253 g/mol. The number of hydrogen-bond donors (Lipinski definition) is 1. The highest BCUT2D eigenvalue weighted by atomic mass is 16.5. The summed E-state index contributed by atoms with van der Waals surface area (Å²) >= 11 is 0. The van der Waals surface area contributed by atoms with Crippen LogP contribution in [0.4, 0.5) is 0 Å². The van der Waals surface area contributed by atoms with Crippen LogP contribution in [-0.4, -0.2) is 49.7 Å². The number of hydrogen-bond acceptors (Lipinski definition) is 4. The van der Waals surface area contributed by atoms with Gasteiger partial charge in [0.05, 0.1) is 18.7 Å². The van der Waals surface area contributed by atoms with E-state index in [2.05, 4.69) is 16.3 Å². The molecule has 1 aliphatic rings. The van der Waals surface area contributed by atoms with Crippen LogP contribution < -0.4 is 5.32 Å². The van der Waals surface area contributed by atoms with Gasteiger partial charge in [0.15, 0.2) is 0 Å². The molecule has 1 N–H and O–H groups in total. The minimum Gasteiger partial charge on any atom is -0.382 e. The first-order valence-corrected chi connectivity index (χ1v) is 6.57. The van der Waals surface area contributed by atoms with Crippen LogP contribution in [0.3, 0.4) is 0 Å². The fraction of sp³-hybridized carbons (Fsp3) is 0.846. The smallest absolute Gasteiger partial charge is 0.220 e. The summed E-state index contributed by atoms with van der Waals surface area (Å²) in [7, 11) is 1.66. The lowest BCUT2D eigenvalue weighted by molar-refractivity contribution is -0.122. The third kappa shape index (κ3) is 5.48. The van der Waals surface area contributed by atoms with Crippen molar-refractivity contribution in [2.75, 3.05) is 26.7 Å². The molecule has 0 bridgehead atoms. The second-order valence-corrected chi connectivity index (χ2v) is 4.86. The van der Waals surface area contributed by atoms with E-state index >= 15 is 0 Å². The summed E-state index contributed by atoms with van der Waals surface area (Å²) in [4.78, 5) is 13.8. The minimum absolute atomic E-state index is 0.109. The van der Waals surface area contributed by atoms with Crippen molar-refractivity contribution in [1.29, 1.82) is 5.26 Å². The van der Waals surface area contributed by atoms with Crippen molar-refractivity contribution in [3.8, 4) is 6.07 Å². The van der Waals surface area contributed by atoms with Crippen LogP contribution >= 0.6 is 0 Å². The van der Waals surface area contributed by atoms with Gasteiger partial charge in [0.1, 0.15) is 0 Å². The van der Waals surface area contributed by atoms with Gasteiger partial charge in [-0.15, -0.1) is 0 Å². The molecular formula is C13H23N3O2. The van der Waals surface area contributed by atoms with Crippen molar-refractivity contribution < 1.29 is 9.53 Å². The number of nitrogens with zero attached hydrogens (tertiary/aromatic N) is 2. The first-order valence-electron chi connectivity index (χ1n) is 6.57. The summed E-state index contributed by atoms with van der Waals surface area (Å²) < 4.78 is 5.11. The van der Waals surface area contributed by atoms with Crippen LogP contribution in [0.5, 0.6) is 0 Å². The molecule has 5 heteroatoms. The highest BCUT2D eigenvalue weighted by Gasteiger charge is 2.20. The van der Waals surface area contributed by atoms with E-state index in [0.29, 0.717) is 13.0 Å². The maximum absolute atomic E-state index is 11.7. The largest absolute Gasteiger partial charge is 0.382 e. The molecule has 0 aliphatic carbocycles. The molecule has 0 aromatic rings. The molecule has 1 unspecified atom stereocenters. The Labute approximate surface area is 109 Å². The number of carbonyl (C=O) groups excluding carboxylic acids is 1. The quantitative estimate of drug-likeness (QED) is 0.714. The lowest BCUT2D eigenvalue weighted by Gasteiger charge is -2.30. The van der Waals surface area contributed by atoms with Crippen molar-refractivity contribution in [3.63, 3.8) is 0 Å². The fourth-order valence-electron chi connectivity index (χ4n) is 2.09. The number of ether oxygens (including phenoxy) is 1. The van der Waals surface area contributed by atoms with Gasteiger partial charge in [-0.2, -0.15) is 5.26 Å². The Morgan fingerprint density at radius 1 is 1.56 bits per heavy atom. The van der Waals surface area contributed by atoms with Crippen molar-refractivity contribution in [3.05, 3.63) is 0 Å². The second-order valence-electron chi connectivity index (χ2n) is 4.86. The van der Waals surface area contributed by atoms with E-state index in [1.54, 1.807) is 7.11 Å². The molecule has 1 saturated heterocycles. The number of methoxy groups -OCH3 is 1. The van der Waals surface area contributed by atoms with Gasteiger partial charge in [-0.05, 0) is 26.2 Å². The maximum Gasteiger partial charge on any atom is 0.220 e. The summed E-state index contributed by atoms with van der Waals surface area (Å²) in [6.07, 6.45) is 3.29. The Morgan fingerprint density at radius 3 is 2.78 bits per heavy atom. The van der Waals surface area contributed by atoms with Crippen LogP contribution in [0.2, 0.25) is 0 Å². The molecular weight excluding hydrogens is 230 g/mol. The number of amides is 1. The van der Waals surface area contributed by atoms with Crippen LogP contribution in [0.1, 0.15) is 32.6 Å². The van der Waals surface area contributed by atoms with Gasteiger partial charge in [-0.1, -0.05) is 0 Å². The number of piperidine rings is 1. The van der Waals surface area contributed by atoms with Crippen LogP contribution in [0.15, 0.2) is 0 Å². The van der Waals surface area contributed by atoms with Crippen LogP contribution in [-0.2, 0) is 9.53 Å². The molecule has 0 aromatic carbocycles. The highest BCUT2D eigenvalue weighted by Crippen LogP contribution is 2.10. The third-order valence-corrected chi connectivity index (χ3v) is 3.43. The molecule has 0 saturated carbocycles. The zero-order chi connectivity index (χ0) is 13.4. The Hall–Kier alpha value is -1.12. The Kier molecular flexibility index (Phi) is 6.69. The molecule has 0 aromatic heterocycles. The standard InChI is InChI=1S/C13H23N3O2/c1-11(18-2)3-4-13(17)15-12-5-8-16(9-6-12)10-7-14/h11-12H,3-6,8-10H2,1-2H3,(H,15,17). The SMILES string of the molecule is COC(C)CCC(=O)NC1CCN(CC#N)CC1. The Morgan fingerprint density at radius 2 is 2.22 bits per heavy atom. The van der Waals surface area contributed by atoms with Crippen molar-refractivity contribution in [2.45, 2.75) is 44.8 Å². The number of likely N-dealkylation sites (tertiary alicyclic amines) is 1. The van der Waals surface area contributed by atoms with Crippen LogP contribution in [0.25, 0.3) is 0 Å². The van der Waals surface area contributed by atoms with E-state index in [1.807, 2.05) is 6.92 Å². The summed E-state index contributed by atoms with van der Waals surface area (Å²) in [5, 5.41) is 11.7. The van der Waals surface area contributed by atoms with Gasteiger partial charge in [0, 0.05) is 32.7 Å². The predicted molar refractivity (Wildman–Crippen MR) is 68.9 cm³/mol. The lowest BCUT2D eigenvalue weighted by atomic mass is 10.0. The van der Waals surface area contributed by atoms with E-state index in [4.69, 9.17) is 10.00 Å². The summed E-state index contributed by atoms with van der Waals surface area (Å²) in [5.41, 5.74) is 0. The molecule has 1 fully saturated rings. The van der Waals surface area contributed by atoms with Gasteiger partial charge in [0.2, 0.25) is 5.91 Å². The zero-order valence-electron chi connectivity index (χ0n) is 11.3. The first-order chi connectivity index (χ1) is 8.65.